The van der Waals surface area contributed by atoms with Gasteiger partial charge in [-0.15, -0.1) is 11.6 Å². The van der Waals surface area contributed by atoms with Gasteiger partial charge in [0.1, 0.15) is 0 Å². The minimum atomic E-state index is 0.479. The van der Waals surface area contributed by atoms with Gasteiger partial charge in [-0.3, -0.25) is 0 Å². The Labute approximate surface area is 126 Å². The summed E-state index contributed by atoms with van der Waals surface area (Å²) in [6.45, 7) is 4.63. The van der Waals surface area contributed by atoms with E-state index < -0.39 is 0 Å². The predicted molar refractivity (Wildman–Crippen MR) is 88.0 cm³/mol. The molecule has 1 heteroatoms. The lowest BCUT2D eigenvalue weighted by molar-refractivity contribution is 0.249. The summed E-state index contributed by atoms with van der Waals surface area (Å²) in [6, 6.07) is 0. The van der Waals surface area contributed by atoms with Crippen LogP contribution < -0.4 is 0 Å². The fraction of sp³-hybridized carbons (Fsp3) is 1.00. The molecule has 0 aromatic heterocycles. The van der Waals surface area contributed by atoms with E-state index in [9.17, 15) is 0 Å². The second-order valence-corrected chi connectivity index (χ2v) is 7.19. The molecule has 0 N–H and O–H groups in total. The molecule has 0 bridgehead atoms. The zero-order valence-electron chi connectivity index (χ0n) is 13.3. The van der Waals surface area contributed by atoms with E-state index in [-0.39, 0.29) is 0 Å². The van der Waals surface area contributed by atoms with E-state index in [4.69, 9.17) is 11.6 Å². The highest BCUT2D eigenvalue weighted by Crippen LogP contribution is 2.37. The summed E-state index contributed by atoms with van der Waals surface area (Å²) in [4.78, 5) is 0. The maximum atomic E-state index is 6.50. The molecule has 0 radical (unpaired) electrons. The highest BCUT2D eigenvalue weighted by atomic mass is 35.5. The van der Waals surface area contributed by atoms with Crippen LogP contribution in [0.3, 0.4) is 0 Å². The Hall–Kier alpha value is 0.290. The Balaban J connectivity index is 1.98. The van der Waals surface area contributed by atoms with Crippen molar-refractivity contribution in [2.75, 3.05) is 0 Å². The molecule has 1 saturated carbocycles. The van der Waals surface area contributed by atoms with Gasteiger partial charge in [-0.25, -0.2) is 0 Å². The van der Waals surface area contributed by atoms with Crippen LogP contribution in [0.1, 0.15) is 97.3 Å². The lowest BCUT2D eigenvalue weighted by Crippen LogP contribution is -2.25. The first-order valence-corrected chi connectivity index (χ1v) is 9.35. The number of alkyl halides is 1. The van der Waals surface area contributed by atoms with Crippen LogP contribution in [0.25, 0.3) is 0 Å². The molecule has 19 heavy (non-hydrogen) atoms. The molecule has 0 heterocycles. The standard InChI is InChI=1S/C18H35Cl/c1-3-5-6-7-8-9-10-11-12-17-15-16(4-2)13-14-18(17)19/h16-18H,3-15H2,1-2H3. The van der Waals surface area contributed by atoms with Gasteiger partial charge >= 0.3 is 0 Å². The summed E-state index contributed by atoms with van der Waals surface area (Å²) in [7, 11) is 0. The van der Waals surface area contributed by atoms with Gasteiger partial charge in [-0.05, 0) is 37.5 Å². The van der Waals surface area contributed by atoms with Crippen LogP contribution in [0.5, 0.6) is 0 Å². The van der Waals surface area contributed by atoms with Crippen molar-refractivity contribution >= 4 is 11.6 Å². The number of hydrogen-bond donors (Lipinski definition) is 0. The molecule has 3 unspecified atom stereocenters. The first kappa shape index (κ1) is 17.3. The van der Waals surface area contributed by atoms with Gasteiger partial charge in [0.2, 0.25) is 0 Å². The van der Waals surface area contributed by atoms with Gasteiger partial charge in [-0.1, -0.05) is 71.6 Å². The lowest BCUT2D eigenvalue weighted by Gasteiger charge is -2.32. The Morgan fingerprint density at radius 2 is 1.47 bits per heavy atom. The topological polar surface area (TPSA) is 0 Å². The van der Waals surface area contributed by atoms with Crippen molar-refractivity contribution in [1.82, 2.24) is 0 Å². The minimum Gasteiger partial charge on any atom is -0.123 e. The van der Waals surface area contributed by atoms with Crippen molar-refractivity contribution in [3.63, 3.8) is 0 Å². The quantitative estimate of drug-likeness (QED) is 0.301. The third-order valence-electron chi connectivity index (χ3n) is 5.00. The molecule has 0 saturated heterocycles. The molecule has 1 aliphatic carbocycles. The molecule has 0 aliphatic heterocycles. The van der Waals surface area contributed by atoms with Crippen molar-refractivity contribution in [2.24, 2.45) is 11.8 Å². The minimum absolute atomic E-state index is 0.479. The zero-order chi connectivity index (χ0) is 13.9. The Kier molecular flexibility index (Phi) is 10.0. The van der Waals surface area contributed by atoms with Crippen LogP contribution in [0.4, 0.5) is 0 Å². The highest BCUT2D eigenvalue weighted by molar-refractivity contribution is 6.20. The van der Waals surface area contributed by atoms with E-state index in [1.165, 1.54) is 83.5 Å². The van der Waals surface area contributed by atoms with Crippen molar-refractivity contribution in [3.8, 4) is 0 Å². The molecular formula is C18H35Cl. The summed E-state index contributed by atoms with van der Waals surface area (Å²) in [6.07, 6.45) is 18.2. The summed E-state index contributed by atoms with van der Waals surface area (Å²) >= 11 is 6.50. The third-order valence-corrected chi connectivity index (χ3v) is 5.58. The molecule has 114 valence electrons. The van der Waals surface area contributed by atoms with Gasteiger partial charge < -0.3 is 0 Å². The van der Waals surface area contributed by atoms with Crippen LogP contribution in [-0.2, 0) is 0 Å². The number of hydrogen-bond acceptors (Lipinski definition) is 0. The van der Waals surface area contributed by atoms with E-state index in [0.29, 0.717) is 5.38 Å². The molecule has 0 amide bonds. The van der Waals surface area contributed by atoms with Gasteiger partial charge in [-0.2, -0.15) is 0 Å². The monoisotopic (exact) mass is 286 g/mol. The van der Waals surface area contributed by atoms with Crippen molar-refractivity contribution in [3.05, 3.63) is 0 Å². The summed E-state index contributed by atoms with van der Waals surface area (Å²) < 4.78 is 0. The van der Waals surface area contributed by atoms with Crippen molar-refractivity contribution < 1.29 is 0 Å². The SMILES string of the molecule is CCCCCCCCCCC1CC(CC)CCC1Cl. The first-order chi connectivity index (χ1) is 9.27. The summed E-state index contributed by atoms with van der Waals surface area (Å²) in [5, 5.41) is 0.479. The van der Waals surface area contributed by atoms with E-state index in [1.54, 1.807) is 0 Å². The van der Waals surface area contributed by atoms with Gasteiger partial charge in [0, 0.05) is 5.38 Å². The summed E-state index contributed by atoms with van der Waals surface area (Å²) in [5.41, 5.74) is 0. The van der Waals surface area contributed by atoms with Crippen LogP contribution in [0, 0.1) is 11.8 Å². The third kappa shape index (κ3) is 7.59. The fourth-order valence-corrected chi connectivity index (χ4v) is 3.89. The van der Waals surface area contributed by atoms with E-state index in [1.807, 2.05) is 0 Å². The Morgan fingerprint density at radius 1 is 0.842 bits per heavy atom. The molecular weight excluding hydrogens is 252 g/mol. The number of rotatable bonds is 10. The van der Waals surface area contributed by atoms with Crippen LogP contribution in [0.15, 0.2) is 0 Å². The van der Waals surface area contributed by atoms with Crippen LogP contribution >= 0.6 is 11.6 Å². The highest BCUT2D eigenvalue weighted by Gasteiger charge is 2.27. The Morgan fingerprint density at radius 3 is 2.11 bits per heavy atom. The molecule has 1 rings (SSSR count). The lowest BCUT2D eigenvalue weighted by atomic mass is 9.77. The maximum Gasteiger partial charge on any atom is 0.0364 e. The molecule has 0 aromatic carbocycles. The van der Waals surface area contributed by atoms with E-state index in [0.717, 1.165) is 11.8 Å². The second kappa shape index (κ2) is 11.0. The fourth-order valence-electron chi connectivity index (χ4n) is 3.53. The maximum absolute atomic E-state index is 6.50. The number of unbranched alkanes of at least 4 members (excludes halogenated alkanes) is 7. The van der Waals surface area contributed by atoms with Crippen LogP contribution in [-0.4, -0.2) is 5.38 Å². The largest absolute Gasteiger partial charge is 0.123 e. The molecule has 1 fully saturated rings. The number of halogens is 1. The average Bonchev–Trinajstić information content (AvgIpc) is 2.43. The molecule has 0 spiro atoms. The van der Waals surface area contributed by atoms with E-state index in [2.05, 4.69) is 13.8 Å². The Bertz CT molecular complexity index is 202. The molecule has 0 nitrogen and oxygen atoms in total. The second-order valence-electron chi connectivity index (χ2n) is 6.63. The van der Waals surface area contributed by atoms with Crippen molar-refractivity contribution in [1.29, 1.82) is 0 Å². The molecule has 1 aliphatic rings. The average molecular weight is 287 g/mol. The predicted octanol–water partition coefficient (Wildman–Crippen LogP) is 6.95. The zero-order valence-corrected chi connectivity index (χ0v) is 14.1. The molecule has 3 atom stereocenters. The summed E-state index contributed by atoms with van der Waals surface area (Å²) in [5.74, 6) is 1.79. The van der Waals surface area contributed by atoms with Crippen molar-refractivity contribution in [2.45, 2.75) is 103 Å². The first-order valence-electron chi connectivity index (χ1n) is 8.92. The van der Waals surface area contributed by atoms with Crippen LogP contribution in [0.2, 0.25) is 0 Å². The smallest absolute Gasteiger partial charge is 0.0364 e. The normalized spacial score (nSPS) is 27.6. The van der Waals surface area contributed by atoms with Gasteiger partial charge in [0.25, 0.3) is 0 Å². The van der Waals surface area contributed by atoms with Gasteiger partial charge in [0.15, 0.2) is 0 Å². The van der Waals surface area contributed by atoms with E-state index >= 15 is 0 Å². The van der Waals surface area contributed by atoms with Gasteiger partial charge in [0.05, 0.1) is 0 Å². The molecule has 0 aromatic rings.